The Balaban J connectivity index is 1.67. The molecule has 0 aromatic heterocycles. The first-order valence-corrected chi connectivity index (χ1v) is 11.3. The molecule has 1 amide bonds. The number of fused-ring (bicyclic) bond motifs is 1. The van der Waals surface area contributed by atoms with E-state index in [2.05, 4.69) is 10.2 Å². The molecule has 5 nitrogen and oxygen atoms in total. The van der Waals surface area contributed by atoms with Crippen LogP contribution < -0.4 is 11.1 Å². The van der Waals surface area contributed by atoms with Crippen LogP contribution in [0.25, 0.3) is 0 Å². The minimum absolute atomic E-state index is 0.0883. The molecule has 162 valence electrons. The van der Waals surface area contributed by atoms with Crippen LogP contribution in [0.5, 0.6) is 0 Å². The molecule has 1 saturated heterocycles. The van der Waals surface area contributed by atoms with Gasteiger partial charge in [-0.05, 0) is 57.4 Å². The summed E-state index contributed by atoms with van der Waals surface area (Å²) in [4.78, 5) is 15.3. The maximum absolute atomic E-state index is 13.1. The lowest BCUT2D eigenvalue weighted by Crippen LogP contribution is -2.59. The molecular formula is C24H39N3O2. The van der Waals surface area contributed by atoms with E-state index < -0.39 is 6.10 Å². The van der Waals surface area contributed by atoms with Gasteiger partial charge < -0.3 is 16.2 Å². The van der Waals surface area contributed by atoms with E-state index in [1.807, 2.05) is 51.1 Å². The van der Waals surface area contributed by atoms with Gasteiger partial charge in [0, 0.05) is 24.7 Å². The maximum atomic E-state index is 13.1. The normalized spacial score (nSPS) is 27.7. The molecule has 4 N–H and O–H groups in total. The van der Waals surface area contributed by atoms with E-state index >= 15 is 0 Å². The van der Waals surface area contributed by atoms with Crippen LogP contribution >= 0.6 is 0 Å². The van der Waals surface area contributed by atoms with Gasteiger partial charge in [0.05, 0.1) is 12.1 Å². The molecule has 1 unspecified atom stereocenters. The maximum Gasteiger partial charge on any atom is 0.237 e. The van der Waals surface area contributed by atoms with E-state index in [0.717, 1.165) is 18.5 Å². The molecular weight excluding hydrogens is 362 g/mol. The topological polar surface area (TPSA) is 78.6 Å². The number of nitrogens with two attached hydrogens (primary N) is 1. The zero-order valence-electron chi connectivity index (χ0n) is 18.3. The van der Waals surface area contributed by atoms with Crippen LogP contribution in [0.1, 0.15) is 58.4 Å². The van der Waals surface area contributed by atoms with Crippen molar-refractivity contribution in [3.05, 3.63) is 35.9 Å². The van der Waals surface area contributed by atoms with Gasteiger partial charge in [0.2, 0.25) is 5.91 Å². The number of likely N-dealkylation sites (tertiary alicyclic amines) is 1. The van der Waals surface area contributed by atoms with Crippen molar-refractivity contribution in [3.8, 4) is 0 Å². The highest BCUT2D eigenvalue weighted by molar-refractivity contribution is 5.82. The Hall–Kier alpha value is -1.43. The fourth-order valence-corrected chi connectivity index (χ4v) is 5.02. The third-order valence-corrected chi connectivity index (χ3v) is 6.53. The number of aliphatic hydroxyl groups is 1. The molecule has 0 bridgehead atoms. The molecule has 1 heterocycles. The van der Waals surface area contributed by atoms with Crippen LogP contribution in [0.15, 0.2) is 30.3 Å². The van der Waals surface area contributed by atoms with Crippen molar-refractivity contribution < 1.29 is 9.90 Å². The minimum Gasteiger partial charge on any atom is -0.390 e. The summed E-state index contributed by atoms with van der Waals surface area (Å²) in [6.07, 6.45) is 5.91. The van der Waals surface area contributed by atoms with Crippen LogP contribution in [0, 0.1) is 11.8 Å². The summed E-state index contributed by atoms with van der Waals surface area (Å²) in [5, 5.41) is 14.0. The number of hydrogen-bond acceptors (Lipinski definition) is 4. The van der Waals surface area contributed by atoms with Crippen LogP contribution in [0.3, 0.4) is 0 Å². The van der Waals surface area contributed by atoms with Crippen molar-refractivity contribution in [2.45, 2.75) is 83.0 Å². The first-order valence-electron chi connectivity index (χ1n) is 11.3. The molecule has 1 aliphatic carbocycles. The smallest absolute Gasteiger partial charge is 0.237 e. The average molecular weight is 402 g/mol. The van der Waals surface area contributed by atoms with Crippen LogP contribution in [0.2, 0.25) is 0 Å². The predicted octanol–water partition coefficient (Wildman–Crippen LogP) is 2.71. The summed E-state index contributed by atoms with van der Waals surface area (Å²) in [6.45, 7) is 7.41. The Morgan fingerprint density at radius 2 is 1.86 bits per heavy atom. The lowest BCUT2D eigenvalue weighted by molar-refractivity contribution is -0.132. The Labute approximate surface area is 176 Å². The van der Waals surface area contributed by atoms with Crippen LogP contribution in [0.4, 0.5) is 0 Å². The summed E-state index contributed by atoms with van der Waals surface area (Å²) in [6, 6.07) is 9.54. The monoisotopic (exact) mass is 401 g/mol. The number of rotatable bonds is 6. The third kappa shape index (κ3) is 6.27. The summed E-state index contributed by atoms with van der Waals surface area (Å²) in [7, 11) is 0. The number of carbonyl (C=O) groups excluding carboxylic acids is 1. The highest BCUT2D eigenvalue weighted by Gasteiger charge is 2.41. The quantitative estimate of drug-likeness (QED) is 0.685. The second-order valence-corrected chi connectivity index (χ2v) is 10.2. The Bertz CT molecular complexity index is 658. The Morgan fingerprint density at radius 3 is 2.52 bits per heavy atom. The molecule has 1 saturated carbocycles. The number of amides is 1. The largest absolute Gasteiger partial charge is 0.390 e. The van der Waals surface area contributed by atoms with Crippen molar-refractivity contribution in [2.75, 3.05) is 13.1 Å². The van der Waals surface area contributed by atoms with Crippen LogP contribution in [-0.4, -0.2) is 52.7 Å². The standard InChI is InChI=1S/C24H39N3O2/c1-24(2,3)26-23(29)21-14-18-11-7-8-12-19(18)15-27(21)16-22(28)20(25)13-17-9-5-4-6-10-17/h4-6,9-10,18-22,28H,7-8,11-16,25H2,1-3H3,(H,26,29)/t18-,19+,20-,21+,22?/m1/s1. The predicted molar refractivity (Wildman–Crippen MR) is 117 cm³/mol. The van der Waals surface area contributed by atoms with Gasteiger partial charge in [-0.15, -0.1) is 0 Å². The van der Waals surface area contributed by atoms with E-state index in [9.17, 15) is 9.90 Å². The van der Waals surface area contributed by atoms with E-state index in [1.54, 1.807) is 0 Å². The zero-order chi connectivity index (χ0) is 21.0. The molecule has 1 aromatic carbocycles. The molecule has 1 aromatic rings. The molecule has 1 aliphatic heterocycles. The summed E-state index contributed by atoms with van der Waals surface area (Å²) in [5.41, 5.74) is 7.22. The fraction of sp³-hybridized carbons (Fsp3) is 0.708. The van der Waals surface area contributed by atoms with E-state index in [4.69, 9.17) is 5.73 Å². The number of carbonyl (C=O) groups is 1. The van der Waals surface area contributed by atoms with Gasteiger partial charge in [-0.3, -0.25) is 9.69 Å². The number of piperidine rings is 1. The first kappa shape index (κ1) is 22.3. The highest BCUT2D eigenvalue weighted by atomic mass is 16.3. The van der Waals surface area contributed by atoms with Crippen molar-refractivity contribution in [3.63, 3.8) is 0 Å². The van der Waals surface area contributed by atoms with Gasteiger partial charge in [-0.2, -0.15) is 0 Å². The lowest BCUT2D eigenvalue weighted by atomic mass is 9.72. The van der Waals surface area contributed by atoms with Gasteiger partial charge in [0.25, 0.3) is 0 Å². The molecule has 2 aliphatic rings. The lowest BCUT2D eigenvalue weighted by Gasteiger charge is -2.46. The van der Waals surface area contributed by atoms with E-state index in [1.165, 1.54) is 25.7 Å². The molecule has 0 radical (unpaired) electrons. The highest BCUT2D eigenvalue weighted by Crippen LogP contribution is 2.38. The SMILES string of the molecule is CC(C)(C)NC(=O)[C@@H]1C[C@H]2CCCC[C@H]2CN1CC(O)[C@H](N)Cc1ccccc1. The van der Waals surface area contributed by atoms with Crippen molar-refractivity contribution in [1.82, 2.24) is 10.2 Å². The van der Waals surface area contributed by atoms with Crippen molar-refractivity contribution in [1.29, 1.82) is 0 Å². The second kappa shape index (κ2) is 9.59. The van der Waals surface area contributed by atoms with Crippen molar-refractivity contribution in [2.24, 2.45) is 17.6 Å². The third-order valence-electron chi connectivity index (χ3n) is 6.53. The summed E-state index contributed by atoms with van der Waals surface area (Å²) >= 11 is 0. The Morgan fingerprint density at radius 1 is 1.21 bits per heavy atom. The van der Waals surface area contributed by atoms with Gasteiger partial charge in [0.1, 0.15) is 0 Å². The number of hydrogen-bond donors (Lipinski definition) is 3. The summed E-state index contributed by atoms with van der Waals surface area (Å²) < 4.78 is 0. The summed E-state index contributed by atoms with van der Waals surface area (Å²) in [5.74, 6) is 1.36. The minimum atomic E-state index is -0.653. The van der Waals surface area contributed by atoms with Gasteiger partial charge in [-0.1, -0.05) is 49.6 Å². The number of nitrogens with zero attached hydrogens (tertiary/aromatic N) is 1. The van der Waals surface area contributed by atoms with E-state index in [-0.39, 0.29) is 23.5 Å². The number of nitrogens with one attached hydrogen (secondary N) is 1. The molecule has 5 heteroatoms. The zero-order valence-corrected chi connectivity index (χ0v) is 18.3. The molecule has 5 atom stereocenters. The molecule has 29 heavy (non-hydrogen) atoms. The Kier molecular flexibility index (Phi) is 7.36. The number of aliphatic hydroxyl groups excluding tert-OH is 1. The molecule has 3 rings (SSSR count). The molecule has 2 fully saturated rings. The van der Waals surface area contributed by atoms with Gasteiger partial charge >= 0.3 is 0 Å². The van der Waals surface area contributed by atoms with E-state index in [0.29, 0.717) is 24.8 Å². The second-order valence-electron chi connectivity index (χ2n) is 10.2. The fourth-order valence-electron chi connectivity index (χ4n) is 5.02. The van der Waals surface area contributed by atoms with Crippen LogP contribution in [-0.2, 0) is 11.2 Å². The average Bonchev–Trinajstić information content (AvgIpc) is 2.66. The number of β-amino-alcohol motifs (C(OH)–C–C–N with tert-alkyl or cyclic N) is 1. The first-order chi connectivity index (χ1) is 13.7. The number of benzene rings is 1. The van der Waals surface area contributed by atoms with Gasteiger partial charge in [-0.25, -0.2) is 0 Å². The molecule has 0 spiro atoms. The van der Waals surface area contributed by atoms with Crippen molar-refractivity contribution >= 4 is 5.91 Å². The van der Waals surface area contributed by atoms with Gasteiger partial charge in [0.15, 0.2) is 0 Å².